The van der Waals surface area contributed by atoms with Gasteiger partial charge in [-0.3, -0.25) is 14.9 Å². The number of methoxy groups -OCH3 is 1. The highest BCUT2D eigenvalue weighted by atomic mass is 16.6. The average Bonchev–Trinajstić information content (AvgIpc) is 2.74. The fourth-order valence-corrected chi connectivity index (χ4v) is 3.20. The first kappa shape index (κ1) is 19.1. The van der Waals surface area contributed by atoms with Gasteiger partial charge in [0.2, 0.25) is 0 Å². The molecule has 0 aromatic heterocycles. The molecule has 0 N–H and O–H groups in total. The molecule has 0 spiro atoms. The molecule has 0 saturated heterocycles. The summed E-state index contributed by atoms with van der Waals surface area (Å²) in [6, 6.07) is 23.2. The second-order valence-electron chi connectivity index (χ2n) is 6.28. The highest BCUT2D eigenvalue weighted by molar-refractivity contribution is 5.95. The fraction of sp³-hybridized carbons (Fsp3) is 0.136. The van der Waals surface area contributed by atoms with E-state index in [1.165, 1.54) is 25.3 Å². The third kappa shape index (κ3) is 3.86. The molecule has 1 amide bonds. The van der Waals surface area contributed by atoms with Crippen molar-refractivity contribution in [3.05, 3.63) is 106 Å². The largest absolute Gasteiger partial charge is 0.490 e. The van der Waals surface area contributed by atoms with Crippen LogP contribution in [0.5, 0.6) is 5.75 Å². The summed E-state index contributed by atoms with van der Waals surface area (Å²) >= 11 is 0. The molecule has 3 rings (SSSR count). The minimum absolute atomic E-state index is 0.117. The maximum atomic E-state index is 13.2. The van der Waals surface area contributed by atoms with Gasteiger partial charge in [-0.2, -0.15) is 0 Å². The average molecular weight is 376 g/mol. The number of nitro groups is 1. The van der Waals surface area contributed by atoms with E-state index in [1.54, 1.807) is 11.9 Å². The number of nitro benzene ring substituents is 1. The van der Waals surface area contributed by atoms with Crippen LogP contribution in [0.3, 0.4) is 0 Å². The third-order valence-electron chi connectivity index (χ3n) is 4.56. The summed E-state index contributed by atoms with van der Waals surface area (Å²) in [7, 11) is 3.06. The molecular weight excluding hydrogens is 356 g/mol. The lowest BCUT2D eigenvalue weighted by Crippen LogP contribution is -2.32. The van der Waals surface area contributed by atoms with Crippen LogP contribution in [0, 0.1) is 10.1 Å². The van der Waals surface area contributed by atoms with Crippen LogP contribution in [-0.2, 0) is 0 Å². The van der Waals surface area contributed by atoms with Gasteiger partial charge in [-0.15, -0.1) is 0 Å². The van der Waals surface area contributed by atoms with Crippen molar-refractivity contribution in [3.8, 4) is 5.75 Å². The molecule has 0 radical (unpaired) electrons. The first-order valence-corrected chi connectivity index (χ1v) is 8.72. The Bertz CT molecular complexity index is 935. The van der Waals surface area contributed by atoms with Gasteiger partial charge in [-0.1, -0.05) is 60.7 Å². The summed E-state index contributed by atoms with van der Waals surface area (Å²) in [6.07, 6.45) is 0. The van der Waals surface area contributed by atoms with Crippen molar-refractivity contribution in [2.45, 2.75) is 6.04 Å². The predicted octanol–water partition coefficient (Wildman–Crippen LogP) is 4.47. The van der Waals surface area contributed by atoms with Crippen LogP contribution in [0.1, 0.15) is 27.5 Å². The number of benzene rings is 3. The van der Waals surface area contributed by atoms with Crippen LogP contribution < -0.4 is 4.74 Å². The van der Waals surface area contributed by atoms with E-state index in [-0.39, 0.29) is 28.9 Å². The van der Waals surface area contributed by atoms with Crippen LogP contribution in [0.25, 0.3) is 0 Å². The van der Waals surface area contributed by atoms with E-state index < -0.39 is 4.92 Å². The van der Waals surface area contributed by atoms with Gasteiger partial charge in [-0.05, 0) is 23.3 Å². The number of hydrogen-bond donors (Lipinski definition) is 0. The molecule has 0 bridgehead atoms. The predicted molar refractivity (Wildman–Crippen MR) is 106 cm³/mol. The maximum absolute atomic E-state index is 13.2. The second kappa shape index (κ2) is 8.35. The Hall–Kier alpha value is -3.67. The number of carbonyl (C=O) groups excluding carboxylic acids is 1. The van der Waals surface area contributed by atoms with E-state index in [1.807, 2.05) is 60.7 Å². The quantitative estimate of drug-likeness (QED) is 0.470. The summed E-state index contributed by atoms with van der Waals surface area (Å²) in [5.74, 6) is -0.199. The summed E-state index contributed by atoms with van der Waals surface area (Å²) in [4.78, 5) is 25.5. The third-order valence-corrected chi connectivity index (χ3v) is 4.56. The molecule has 0 aliphatic heterocycles. The number of rotatable bonds is 6. The van der Waals surface area contributed by atoms with E-state index >= 15 is 0 Å². The van der Waals surface area contributed by atoms with Gasteiger partial charge in [0, 0.05) is 18.7 Å². The van der Waals surface area contributed by atoms with Crippen molar-refractivity contribution in [2.24, 2.45) is 0 Å². The van der Waals surface area contributed by atoms with E-state index in [0.29, 0.717) is 0 Å². The van der Waals surface area contributed by atoms with Crippen molar-refractivity contribution in [1.29, 1.82) is 0 Å². The minimum Gasteiger partial charge on any atom is -0.490 e. The Kier molecular flexibility index (Phi) is 5.69. The van der Waals surface area contributed by atoms with E-state index in [4.69, 9.17) is 4.74 Å². The summed E-state index contributed by atoms with van der Waals surface area (Å²) in [5.41, 5.74) is 1.89. The summed E-state index contributed by atoms with van der Waals surface area (Å²) in [6.45, 7) is 0. The van der Waals surface area contributed by atoms with Gasteiger partial charge in [0.25, 0.3) is 5.91 Å². The zero-order valence-electron chi connectivity index (χ0n) is 15.6. The molecule has 3 aromatic carbocycles. The van der Waals surface area contributed by atoms with Crippen molar-refractivity contribution >= 4 is 11.6 Å². The van der Waals surface area contributed by atoms with Crippen LogP contribution in [0.2, 0.25) is 0 Å². The molecule has 0 heterocycles. The number of nitrogens with zero attached hydrogens (tertiary/aromatic N) is 2. The van der Waals surface area contributed by atoms with Gasteiger partial charge < -0.3 is 9.64 Å². The molecule has 0 unspecified atom stereocenters. The zero-order valence-corrected chi connectivity index (χ0v) is 15.6. The normalized spacial score (nSPS) is 10.5. The smallest absolute Gasteiger partial charge is 0.311 e. The first-order chi connectivity index (χ1) is 13.5. The van der Waals surface area contributed by atoms with Gasteiger partial charge in [0.15, 0.2) is 5.75 Å². The lowest BCUT2D eigenvalue weighted by Gasteiger charge is -2.29. The summed E-state index contributed by atoms with van der Waals surface area (Å²) in [5, 5.41) is 11.3. The molecule has 6 nitrogen and oxygen atoms in total. The minimum atomic E-state index is -0.554. The van der Waals surface area contributed by atoms with Crippen LogP contribution in [0.4, 0.5) is 5.69 Å². The number of carbonyl (C=O) groups is 1. The van der Waals surface area contributed by atoms with E-state index in [9.17, 15) is 14.9 Å². The molecule has 142 valence electrons. The van der Waals surface area contributed by atoms with Gasteiger partial charge in [0.1, 0.15) is 0 Å². The molecule has 0 atom stereocenters. The molecule has 0 aliphatic carbocycles. The Morgan fingerprint density at radius 2 is 1.50 bits per heavy atom. The van der Waals surface area contributed by atoms with Crippen molar-refractivity contribution < 1.29 is 14.5 Å². The molecule has 6 heteroatoms. The van der Waals surface area contributed by atoms with E-state index in [0.717, 1.165) is 11.1 Å². The Balaban J connectivity index is 2.02. The molecule has 3 aromatic rings. The lowest BCUT2D eigenvalue weighted by molar-refractivity contribution is -0.385. The van der Waals surface area contributed by atoms with Crippen molar-refractivity contribution in [2.75, 3.05) is 14.2 Å². The molecule has 0 fully saturated rings. The SMILES string of the molecule is COc1ccc(C(=O)N(C)C(c2ccccc2)c2ccccc2)cc1[N+](=O)[O-]. The standard InChI is InChI=1S/C22H20N2O4/c1-23(22(25)18-13-14-20(28-2)19(15-18)24(26)27)21(16-9-5-3-6-10-16)17-11-7-4-8-12-17/h3-15,21H,1-2H3. The molecule has 0 saturated carbocycles. The van der Waals surface area contributed by atoms with Crippen molar-refractivity contribution in [1.82, 2.24) is 4.90 Å². The lowest BCUT2D eigenvalue weighted by atomic mass is 9.96. The van der Waals surface area contributed by atoms with Crippen LogP contribution in [0.15, 0.2) is 78.9 Å². The van der Waals surface area contributed by atoms with Gasteiger partial charge >= 0.3 is 5.69 Å². The van der Waals surface area contributed by atoms with Crippen LogP contribution in [-0.4, -0.2) is 29.9 Å². The number of amides is 1. The van der Waals surface area contributed by atoms with Crippen molar-refractivity contribution in [3.63, 3.8) is 0 Å². The molecule has 28 heavy (non-hydrogen) atoms. The molecule has 0 aliphatic rings. The second-order valence-corrected chi connectivity index (χ2v) is 6.28. The Labute approximate surface area is 163 Å². The highest BCUT2D eigenvalue weighted by Crippen LogP contribution is 2.31. The fourth-order valence-electron chi connectivity index (χ4n) is 3.20. The van der Waals surface area contributed by atoms with E-state index in [2.05, 4.69) is 0 Å². The van der Waals surface area contributed by atoms with Gasteiger partial charge in [-0.25, -0.2) is 0 Å². The topological polar surface area (TPSA) is 72.7 Å². The zero-order chi connectivity index (χ0) is 20.1. The monoisotopic (exact) mass is 376 g/mol. The number of ether oxygens (including phenoxy) is 1. The number of hydrogen-bond acceptors (Lipinski definition) is 4. The maximum Gasteiger partial charge on any atom is 0.311 e. The Morgan fingerprint density at radius 1 is 0.964 bits per heavy atom. The van der Waals surface area contributed by atoms with Gasteiger partial charge in [0.05, 0.1) is 18.1 Å². The molecular formula is C22H20N2O4. The van der Waals surface area contributed by atoms with Crippen LogP contribution >= 0.6 is 0 Å². The highest BCUT2D eigenvalue weighted by Gasteiger charge is 2.26. The summed E-state index contributed by atoms with van der Waals surface area (Å²) < 4.78 is 5.02. The first-order valence-electron chi connectivity index (χ1n) is 8.72. The Morgan fingerprint density at radius 3 is 1.96 bits per heavy atom.